The number of hydrogen-bond donors (Lipinski definition) is 2. The van der Waals surface area contributed by atoms with Gasteiger partial charge in [0.25, 0.3) is 0 Å². The van der Waals surface area contributed by atoms with Crippen molar-refractivity contribution < 1.29 is 9.53 Å². The zero-order chi connectivity index (χ0) is 19.9. The van der Waals surface area contributed by atoms with Gasteiger partial charge >= 0.3 is 6.03 Å². The van der Waals surface area contributed by atoms with Crippen molar-refractivity contribution >= 4 is 35.0 Å². The van der Waals surface area contributed by atoms with E-state index in [1.165, 1.54) is 6.20 Å². The zero-order valence-electron chi connectivity index (χ0n) is 16.1. The van der Waals surface area contributed by atoms with Gasteiger partial charge in [-0.3, -0.25) is 10.3 Å². The van der Waals surface area contributed by atoms with Gasteiger partial charge in [0.2, 0.25) is 0 Å². The van der Waals surface area contributed by atoms with Crippen LogP contribution in [0.4, 0.5) is 22.1 Å². The number of benzene rings is 1. The predicted octanol–water partition coefficient (Wildman–Crippen LogP) is 3.31. The molecule has 0 spiro atoms. The number of carbonyl (C=O) groups is 1. The highest BCUT2D eigenvalue weighted by Crippen LogP contribution is 2.28. The summed E-state index contributed by atoms with van der Waals surface area (Å²) in [6.45, 7) is 3.17. The van der Waals surface area contributed by atoms with Crippen LogP contribution in [-0.4, -0.2) is 61.2 Å². The lowest BCUT2D eigenvalue weighted by molar-refractivity contribution is 0.258. The summed E-state index contributed by atoms with van der Waals surface area (Å²) in [5, 5.41) is 6.00. The van der Waals surface area contributed by atoms with E-state index < -0.39 is 6.03 Å². The summed E-state index contributed by atoms with van der Waals surface area (Å²) in [5.41, 5.74) is 0.493. The van der Waals surface area contributed by atoms with Crippen molar-refractivity contribution in [3.63, 3.8) is 0 Å². The van der Waals surface area contributed by atoms with E-state index in [4.69, 9.17) is 16.3 Å². The van der Waals surface area contributed by atoms with Crippen LogP contribution in [0, 0.1) is 0 Å². The Labute approximate surface area is 169 Å². The van der Waals surface area contributed by atoms with Crippen LogP contribution in [0.1, 0.15) is 12.8 Å². The van der Waals surface area contributed by atoms with Crippen LogP contribution in [0.15, 0.2) is 30.6 Å². The molecule has 0 atom stereocenters. The molecule has 0 saturated carbocycles. The number of urea groups is 1. The van der Waals surface area contributed by atoms with E-state index in [-0.39, 0.29) is 0 Å². The first-order valence-electron chi connectivity index (χ1n) is 9.23. The molecule has 2 aromatic rings. The molecule has 2 N–H and O–H groups in total. The molecule has 0 unspecified atom stereocenters. The first-order valence-corrected chi connectivity index (χ1v) is 9.61. The summed E-state index contributed by atoms with van der Waals surface area (Å²) < 4.78 is 5.76. The molecule has 1 saturated heterocycles. The lowest BCUT2D eigenvalue weighted by Crippen LogP contribution is -2.23. The summed E-state index contributed by atoms with van der Waals surface area (Å²) in [7, 11) is 3.93. The molecule has 2 amide bonds. The first kappa shape index (κ1) is 20.2. The summed E-state index contributed by atoms with van der Waals surface area (Å²) in [6.07, 6.45) is 5.52. The Hall–Kier alpha value is -2.58. The number of rotatable bonds is 7. The SMILES string of the molecule is CN(C)CCOc1ccc(Cl)cc1NC(=O)Nc1cncc(N2CCCC2)n1. The van der Waals surface area contributed by atoms with Gasteiger partial charge in [0.15, 0.2) is 5.82 Å². The molecule has 1 aliphatic rings. The summed E-state index contributed by atoms with van der Waals surface area (Å²) in [5.74, 6) is 1.71. The second kappa shape index (κ2) is 9.57. The van der Waals surface area contributed by atoms with Gasteiger partial charge in [-0.15, -0.1) is 0 Å². The number of nitrogens with zero attached hydrogens (tertiary/aromatic N) is 4. The van der Waals surface area contributed by atoms with E-state index in [1.54, 1.807) is 24.4 Å². The maximum atomic E-state index is 12.4. The molecule has 28 heavy (non-hydrogen) atoms. The van der Waals surface area contributed by atoms with Gasteiger partial charge in [0.05, 0.1) is 18.1 Å². The fraction of sp³-hybridized carbons (Fsp3) is 0.421. The number of likely N-dealkylation sites (N-methyl/N-ethyl adjacent to an activating group) is 1. The van der Waals surface area contributed by atoms with E-state index in [0.717, 1.165) is 38.3 Å². The number of carbonyl (C=O) groups excluding carboxylic acids is 1. The minimum absolute atomic E-state index is 0.388. The minimum atomic E-state index is -0.437. The van der Waals surface area contributed by atoms with Crippen LogP contribution < -0.4 is 20.3 Å². The van der Waals surface area contributed by atoms with E-state index >= 15 is 0 Å². The number of ether oxygens (including phenoxy) is 1. The standard InChI is InChI=1S/C19H25ClN6O2/c1-25(2)9-10-28-16-6-5-14(20)11-15(16)22-19(27)24-17-12-21-13-18(23-17)26-7-3-4-8-26/h5-6,11-13H,3-4,7-10H2,1-2H3,(H2,22,23,24,27). The van der Waals surface area contributed by atoms with Crippen LogP contribution in [0.3, 0.4) is 0 Å². The molecule has 2 heterocycles. The average Bonchev–Trinajstić information content (AvgIpc) is 3.18. The highest BCUT2D eigenvalue weighted by Gasteiger charge is 2.15. The van der Waals surface area contributed by atoms with Crippen molar-refractivity contribution in [1.82, 2.24) is 14.9 Å². The van der Waals surface area contributed by atoms with Crippen LogP contribution in [0.25, 0.3) is 0 Å². The summed E-state index contributed by atoms with van der Waals surface area (Å²) in [6, 6.07) is 4.67. The van der Waals surface area contributed by atoms with Crippen LogP contribution in [-0.2, 0) is 0 Å². The number of anilines is 3. The molecule has 1 aromatic carbocycles. The third-order valence-electron chi connectivity index (χ3n) is 4.28. The molecule has 0 bridgehead atoms. The molecule has 0 aliphatic carbocycles. The van der Waals surface area contributed by atoms with Gasteiger partial charge in [-0.1, -0.05) is 11.6 Å². The Morgan fingerprint density at radius 3 is 2.79 bits per heavy atom. The molecular weight excluding hydrogens is 380 g/mol. The van der Waals surface area contributed by atoms with Gasteiger partial charge in [0.1, 0.15) is 18.2 Å². The Balaban J connectivity index is 1.64. The smallest absolute Gasteiger partial charge is 0.325 e. The third kappa shape index (κ3) is 5.71. The van der Waals surface area contributed by atoms with E-state index in [9.17, 15) is 4.79 Å². The lowest BCUT2D eigenvalue weighted by Gasteiger charge is -2.17. The number of amides is 2. The van der Waals surface area contributed by atoms with E-state index in [0.29, 0.717) is 28.9 Å². The van der Waals surface area contributed by atoms with Crippen molar-refractivity contribution in [3.05, 3.63) is 35.6 Å². The summed E-state index contributed by atoms with van der Waals surface area (Å²) >= 11 is 6.08. The van der Waals surface area contributed by atoms with Gasteiger partial charge in [0, 0.05) is 24.7 Å². The van der Waals surface area contributed by atoms with Crippen molar-refractivity contribution in [2.75, 3.05) is 55.9 Å². The molecular formula is C19H25ClN6O2. The second-order valence-corrected chi connectivity index (χ2v) is 7.26. The quantitative estimate of drug-likeness (QED) is 0.736. The van der Waals surface area contributed by atoms with Gasteiger partial charge in [-0.25, -0.2) is 9.78 Å². The van der Waals surface area contributed by atoms with Gasteiger partial charge < -0.3 is 19.9 Å². The highest BCUT2D eigenvalue weighted by molar-refractivity contribution is 6.31. The predicted molar refractivity (Wildman–Crippen MR) is 112 cm³/mol. The van der Waals surface area contributed by atoms with Gasteiger partial charge in [-0.05, 0) is 45.1 Å². The second-order valence-electron chi connectivity index (χ2n) is 6.83. The molecule has 1 fully saturated rings. The maximum absolute atomic E-state index is 12.4. The number of aromatic nitrogens is 2. The van der Waals surface area contributed by atoms with Crippen LogP contribution >= 0.6 is 11.6 Å². The molecule has 3 rings (SSSR count). The van der Waals surface area contributed by atoms with Crippen molar-refractivity contribution in [1.29, 1.82) is 0 Å². The Morgan fingerprint density at radius 2 is 2.04 bits per heavy atom. The number of halogens is 1. The van der Waals surface area contributed by atoms with Crippen LogP contribution in [0.5, 0.6) is 5.75 Å². The average molecular weight is 405 g/mol. The van der Waals surface area contributed by atoms with Crippen molar-refractivity contribution in [2.24, 2.45) is 0 Å². The Bertz CT molecular complexity index is 811. The Morgan fingerprint density at radius 1 is 1.25 bits per heavy atom. The largest absolute Gasteiger partial charge is 0.490 e. The minimum Gasteiger partial charge on any atom is -0.490 e. The van der Waals surface area contributed by atoms with Crippen LogP contribution in [0.2, 0.25) is 5.02 Å². The fourth-order valence-electron chi connectivity index (χ4n) is 2.85. The number of nitrogens with one attached hydrogen (secondary N) is 2. The molecule has 150 valence electrons. The first-order chi connectivity index (χ1) is 13.5. The number of hydrogen-bond acceptors (Lipinski definition) is 6. The van der Waals surface area contributed by atoms with Crippen molar-refractivity contribution in [2.45, 2.75) is 12.8 Å². The third-order valence-corrected chi connectivity index (χ3v) is 4.51. The monoisotopic (exact) mass is 404 g/mol. The van der Waals surface area contributed by atoms with Crippen molar-refractivity contribution in [3.8, 4) is 5.75 Å². The fourth-order valence-corrected chi connectivity index (χ4v) is 3.02. The molecule has 8 nitrogen and oxygen atoms in total. The topological polar surface area (TPSA) is 82.6 Å². The lowest BCUT2D eigenvalue weighted by atomic mass is 10.3. The van der Waals surface area contributed by atoms with Gasteiger partial charge in [-0.2, -0.15) is 0 Å². The summed E-state index contributed by atoms with van der Waals surface area (Å²) in [4.78, 5) is 25.3. The van der Waals surface area contributed by atoms with E-state index in [1.807, 2.05) is 19.0 Å². The maximum Gasteiger partial charge on any atom is 0.325 e. The van der Waals surface area contributed by atoms with E-state index in [2.05, 4.69) is 25.5 Å². The zero-order valence-corrected chi connectivity index (χ0v) is 16.9. The molecule has 9 heteroatoms. The normalized spacial score (nSPS) is 13.6. The molecule has 0 radical (unpaired) electrons. The molecule has 1 aromatic heterocycles. The Kier molecular flexibility index (Phi) is 6.89. The molecule has 1 aliphatic heterocycles. The highest BCUT2D eigenvalue weighted by atomic mass is 35.5.